The molecule has 2 aromatic carbocycles. The Hall–Kier alpha value is -1.83. The molecule has 0 aromatic heterocycles. The largest absolute Gasteiger partial charge is 0.390 e. The van der Waals surface area contributed by atoms with Gasteiger partial charge in [-0.15, -0.1) is 0 Å². The molecule has 0 bridgehead atoms. The zero-order chi connectivity index (χ0) is 21.0. The molecule has 3 atom stereocenters. The van der Waals surface area contributed by atoms with Crippen LogP contribution in [0.3, 0.4) is 0 Å². The average molecular weight is 467 g/mol. The van der Waals surface area contributed by atoms with Crippen LogP contribution in [0.25, 0.3) is 0 Å². The summed E-state index contributed by atoms with van der Waals surface area (Å²) in [5, 5.41) is 16.8. The predicted octanol–water partition coefficient (Wildman–Crippen LogP) is 3.80. The summed E-state index contributed by atoms with van der Waals surface area (Å²) in [6.45, 7) is 1.60. The molecular weight excluding hydrogens is 442 g/mol. The van der Waals surface area contributed by atoms with Crippen molar-refractivity contribution >= 4 is 21.8 Å². The van der Waals surface area contributed by atoms with E-state index in [0.29, 0.717) is 5.56 Å². The molecule has 156 valence electrons. The van der Waals surface area contributed by atoms with E-state index in [1.807, 2.05) is 12.1 Å². The molecule has 0 saturated heterocycles. The highest BCUT2D eigenvalue weighted by Gasteiger charge is 2.25. The topological polar surface area (TPSA) is 61.4 Å². The standard InChI is InChI=1S/C22H25BrF2N2O2/c1-13(28)27-21(10-14-8-15(24)11-16(25)9-14)22(29)12-26-20-7-3-4-17-18(20)5-2-6-19(17)23/h2,5-6,8-9,11,20-22,26,29H,3-4,7,10,12H2,1H3,(H,27,28)/t20-,21?,22+/m0/s1. The highest BCUT2D eigenvalue weighted by atomic mass is 79.9. The van der Waals surface area contributed by atoms with Gasteiger partial charge in [0.2, 0.25) is 5.91 Å². The number of hydrogen-bond donors (Lipinski definition) is 3. The van der Waals surface area contributed by atoms with Gasteiger partial charge in [0.05, 0.1) is 12.1 Å². The normalized spacial score (nSPS) is 18.0. The van der Waals surface area contributed by atoms with Crippen LogP contribution >= 0.6 is 15.9 Å². The summed E-state index contributed by atoms with van der Waals surface area (Å²) in [4.78, 5) is 11.6. The summed E-state index contributed by atoms with van der Waals surface area (Å²) in [6, 6.07) is 8.79. The van der Waals surface area contributed by atoms with Crippen LogP contribution in [0.1, 0.15) is 42.5 Å². The molecular formula is C22H25BrF2N2O2. The smallest absolute Gasteiger partial charge is 0.217 e. The van der Waals surface area contributed by atoms with Crippen LogP contribution in [0.5, 0.6) is 0 Å². The molecule has 3 N–H and O–H groups in total. The van der Waals surface area contributed by atoms with Crippen molar-refractivity contribution in [3.63, 3.8) is 0 Å². The second-order valence-electron chi connectivity index (χ2n) is 7.52. The van der Waals surface area contributed by atoms with Crippen molar-refractivity contribution in [2.24, 2.45) is 0 Å². The molecule has 1 aliphatic rings. The number of amides is 1. The fourth-order valence-corrected chi connectivity index (χ4v) is 4.53. The Kier molecular flexibility index (Phi) is 7.38. The number of carbonyl (C=O) groups is 1. The first-order valence-corrected chi connectivity index (χ1v) is 10.5. The van der Waals surface area contributed by atoms with E-state index >= 15 is 0 Å². The maximum atomic E-state index is 13.5. The van der Waals surface area contributed by atoms with Gasteiger partial charge in [-0.1, -0.05) is 28.1 Å². The maximum absolute atomic E-state index is 13.5. The van der Waals surface area contributed by atoms with Gasteiger partial charge in [-0.2, -0.15) is 0 Å². The molecule has 2 aromatic rings. The fourth-order valence-electron chi connectivity index (χ4n) is 3.95. The van der Waals surface area contributed by atoms with Gasteiger partial charge in [-0.05, 0) is 60.6 Å². The zero-order valence-corrected chi connectivity index (χ0v) is 17.8. The Morgan fingerprint density at radius 3 is 2.69 bits per heavy atom. The molecule has 0 fully saturated rings. The SMILES string of the molecule is CC(=O)NC(Cc1cc(F)cc(F)c1)[C@H](O)CN[C@H]1CCCc2c(Br)cccc21. The second-order valence-corrected chi connectivity index (χ2v) is 8.37. The van der Waals surface area contributed by atoms with E-state index in [-0.39, 0.29) is 24.9 Å². The quantitative estimate of drug-likeness (QED) is 0.581. The summed E-state index contributed by atoms with van der Waals surface area (Å²) in [5.41, 5.74) is 2.87. The van der Waals surface area contributed by atoms with Crippen LogP contribution in [0, 0.1) is 11.6 Å². The van der Waals surface area contributed by atoms with Crippen LogP contribution in [0.4, 0.5) is 8.78 Å². The van der Waals surface area contributed by atoms with Gasteiger partial charge in [0.15, 0.2) is 0 Å². The third-order valence-corrected chi connectivity index (χ3v) is 6.00. The highest BCUT2D eigenvalue weighted by Crippen LogP contribution is 2.34. The van der Waals surface area contributed by atoms with E-state index in [2.05, 4.69) is 32.6 Å². The summed E-state index contributed by atoms with van der Waals surface area (Å²) >= 11 is 3.60. The molecule has 3 rings (SSSR count). The number of aliphatic hydroxyl groups is 1. The van der Waals surface area contributed by atoms with Crippen LogP contribution in [-0.2, 0) is 17.6 Å². The number of carbonyl (C=O) groups excluding carboxylic acids is 1. The van der Waals surface area contributed by atoms with Crippen molar-refractivity contribution in [2.75, 3.05) is 6.54 Å². The lowest BCUT2D eigenvalue weighted by atomic mass is 9.87. The molecule has 29 heavy (non-hydrogen) atoms. The first kappa shape index (κ1) is 21.9. The molecule has 0 saturated carbocycles. The van der Waals surface area contributed by atoms with Gasteiger partial charge in [-0.25, -0.2) is 8.78 Å². The lowest BCUT2D eigenvalue weighted by Crippen LogP contribution is -2.48. The van der Waals surface area contributed by atoms with E-state index in [9.17, 15) is 18.7 Å². The van der Waals surface area contributed by atoms with Crippen molar-refractivity contribution in [1.29, 1.82) is 0 Å². The van der Waals surface area contributed by atoms with E-state index in [0.717, 1.165) is 29.8 Å². The molecule has 0 heterocycles. The molecule has 0 spiro atoms. The Bertz CT molecular complexity index is 858. The molecule has 0 aliphatic heterocycles. The van der Waals surface area contributed by atoms with Crippen molar-refractivity contribution in [2.45, 2.75) is 50.8 Å². The lowest BCUT2D eigenvalue weighted by Gasteiger charge is -2.30. The summed E-state index contributed by atoms with van der Waals surface area (Å²) in [6.07, 6.45) is 2.22. The number of benzene rings is 2. The Labute approximate surface area is 177 Å². The molecule has 1 amide bonds. The molecule has 0 radical (unpaired) electrons. The molecule has 1 unspecified atom stereocenters. The molecule has 4 nitrogen and oxygen atoms in total. The molecule has 7 heteroatoms. The summed E-state index contributed by atoms with van der Waals surface area (Å²) in [7, 11) is 0. The zero-order valence-electron chi connectivity index (χ0n) is 16.2. The van der Waals surface area contributed by atoms with Gasteiger partial charge < -0.3 is 15.7 Å². The van der Waals surface area contributed by atoms with Crippen LogP contribution in [-0.4, -0.2) is 29.7 Å². The van der Waals surface area contributed by atoms with E-state index in [4.69, 9.17) is 0 Å². The minimum absolute atomic E-state index is 0.107. The number of hydrogen-bond acceptors (Lipinski definition) is 3. The van der Waals surface area contributed by atoms with Crippen molar-refractivity contribution in [3.8, 4) is 0 Å². The van der Waals surface area contributed by atoms with E-state index < -0.39 is 23.8 Å². The third-order valence-electron chi connectivity index (χ3n) is 5.25. The number of nitrogens with one attached hydrogen (secondary N) is 2. The van der Waals surface area contributed by atoms with Crippen LogP contribution in [0.2, 0.25) is 0 Å². The van der Waals surface area contributed by atoms with Crippen molar-refractivity contribution in [1.82, 2.24) is 10.6 Å². The van der Waals surface area contributed by atoms with E-state index in [1.165, 1.54) is 30.2 Å². The second kappa shape index (κ2) is 9.78. The van der Waals surface area contributed by atoms with E-state index in [1.54, 1.807) is 0 Å². The van der Waals surface area contributed by atoms with Gasteiger partial charge in [0.1, 0.15) is 11.6 Å². The predicted molar refractivity (Wildman–Crippen MR) is 111 cm³/mol. The first-order chi connectivity index (χ1) is 13.8. The monoisotopic (exact) mass is 466 g/mol. The van der Waals surface area contributed by atoms with Crippen LogP contribution < -0.4 is 10.6 Å². The average Bonchev–Trinajstić information content (AvgIpc) is 2.65. The van der Waals surface area contributed by atoms with Gasteiger partial charge in [0, 0.05) is 30.0 Å². The number of fused-ring (bicyclic) bond motifs is 1. The van der Waals surface area contributed by atoms with Gasteiger partial charge in [0.25, 0.3) is 0 Å². The lowest BCUT2D eigenvalue weighted by molar-refractivity contribution is -0.120. The minimum atomic E-state index is -0.914. The summed E-state index contributed by atoms with van der Waals surface area (Å²) < 4.78 is 28.1. The van der Waals surface area contributed by atoms with Crippen molar-refractivity contribution < 1.29 is 18.7 Å². The maximum Gasteiger partial charge on any atom is 0.217 e. The summed E-state index contributed by atoms with van der Waals surface area (Å²) in [5.74, 6) is -1.67. The van der Waals surface area contributed by atoms with Crippen LogP contribution in [0.15, 0.2) is 40.9 Å². The van der Waals surface area contributed by atoms with Gasteiger partial charge >= 0.3 is 0 Å². The number of halogens is 3. The Morgan fingerprint density at radius 1 is 1.28 bits per heavy atom. The Balaban J connectivity index is 1.68. The molecule has 1 aliphatic carbocycles. The number of rotatable bonds is 7. The Morgan fingerprint density at radius 2 is 2.00 bits per heavy atom. The number of aliphatic hydroxyl groups excluding tert-OH is 1. The van der Waals surface area contributed by atoms with Crippen molar-refractivity contribution in [3.05, 3.63) is 69.2 Å². The minimum Gasteiger partial charge on any atom is -0.390 e. The highest BCUT2D eigenvalue weighted by molar-refractivity contribution is 9.10. The first-order valence-electron chi connectivity index (χ1n) is 9.74. The fraction of sp³-hybridized carbons (Fsp3) is 0.409. The third kappa shape index (κ3) is 5.84. The van der Waals surface area contributed by atoms with Gasteiger partial charge in [-0.3, -0.25) is 4.79 Å².